The molecule has 1 fully saturated rings. The van der Waals surface area contributed by atoms with Crippen molar-refractivity contribution in [3.8, 4) is 0 Å². The minimum Gasteiger partial charge on any atom is -0.392 e. The highest BCUT2D eigenvalue weighted by Gasteiger charge is 2.30. The molecule has 1 saturated carbocycles. The molecular weight excluding hydrogens is 244 g/mol. The molecule has 5 heteroatoms. The van der Waals surface area contributed by atoms with Crippen molar-refractivity contribution < 1.29 is 14.4 Å². The third-order valence-corrected chi connectivity index (χ3v) is 3.87. The van der Waals surface area contributed by atoms with Gasteiger partial charge in [-0.3, -0.25) is 0 Å². The van der Waals surface area contributed by atoms with Gasteiger partial charge in [-0.05, 0) is 18.8 Å². The van der Waals surface area contributed by atoms with Crippen molar-refractivity contribution in [2.24, 2.45) is 5.92 Å². The Bertz CT molecular complexity index is 392. The van der Waals surface area contributed by atoms with Gasteiger partial charge in [0.15, 0.2) is 0 Å². The number of hydrogen-bond donors (Lipinski definition) is 1. The molecule has 1 heterocycles. The second kappa shape index (κ2) is 6.48. The van der Waals surface area contributed by atoms with E-state index >= 15 is 0 Å². The lowest BCUT2D eigenvalue weighted by atomic mass is 9.97. The van der Waals surface area contributed by atoms with E-state index in [0.29, 0.717) is 11.7 Å². The van der Waals surface area contributed by atoms with E-state index in [-0.39, 0.29) is 24.0 Å². The SMILES string of the molecule is COC(c1noc(C2CCCCCC2O)n1)C(C)C. The summed E-state index contributed by atoms with van der Waals surface area (Å²) < 4.78 is 10.8. The Morgan fingerprint density at radius 1 is 1.26 bits per heavy atom. The minimum atomic E-state index is -0.365. The van der Waals surface area contributed by atoms with Crippen LogP contribution in [0.4, 0.5) is 0 Å². The third kappa shape index (κ3) is 3.34. The fraction of sp³-hybridized carbons (Fsp3) is 0.857. The van der Waals surface area contributed by atoms with Crippen molar-refractivity contribution in [1.29, 1.82) is 0 Å². The van der Waals surface area contributed by atoms with E-state index in [2.05, 4.69) is 24.0 Å². The summed E-state index contributed by atoms with van der Waals surface area (Å²) in [4.78, 5) is 4.46. The Morgan fingerprint density at radius 2 is 2.00 bits per heavy atom. The zero-order valence-electron chi connectivity index (χ0n) is 12.0. The molecule has 3 unspecified atom stereocenters. The van der Waals surface area contributed by atoms with Crippen molar-refractivity contribution >= 4 is 0 Å². The summed E-state index contributed by atoms with van der Waals surface area (Å²) in [5.41, 5.74) is 0. The Hall–Kier alpha value is -0.940. The number of aliphatic hydroxyl groups excluding tert-OH is 1. The Balaban J connectivity index is 2.15. The quantitative estimate of drug-likeness (QED) is 0.850. The molecule has 1 N–H and O–H groups in total. The molecule has 3 atom stereocenters. The van der Waals surface area contributed by atoms with Gasteiger partial charge in [0.1, 0.15) is 6.10 Å². The number of aliphatic hydroxyl groups is 1. The van der Waals surface area contributed by atoms with E-state index in [4.69, 9.17) is 9.26 Å². The van der Waals surface area contributed by atoms with Crippen LogP contribution in [0.15, 0.2) is 4.52 Å². The van der Waals surface area contributed by atoms with Gasteiger partial charge < -0.3 is 14.4 Å². The van der Waals surface area contributed by atoms with E-state index in [0.717, 1.165) is 25.7 Å². The van der Waals surface area contributed by atoms with Crippen LogP contribution in [0.3, 0.4) is 0 Å². The average molecular weight is 268 g/mol. The number of hydrogen-bond acceptors (Lipinski definition) is 5. The summed E-state index contributed by atoms with van der Waals surface area (Å²) in [6.45, 7) is 4.12. The zero-order chi connectivity index (χ0) is 13.8. The molecule has 1 aliphatic rings. The first-order valence-electron chi connectivity index (χ1n) is 7.17. The topological polar surface area (TPSA) is 68.4 Å². The van der Waals surface area contributed by atoms with Crippen molar-refractivity contribution in [2.75, 3.05) is 7.11 Å². The Morgan fingerprint density at radius 3 is 2.68 bits per heavy atom. The summed E-state index contributed by atoms with van der Waals surface area (Å²) >= 11 is 0. The van der Waals surface area contributed by atoms with Crippen LogP contribution in [0.5, 0.6) is 0 Å². The van der Waals surface area contributed by atoms with Gasteiger partial charge in [-0.1, -0.05) is 38.3 Å². The molecule has 2 rings (SSSR count). The molecule has 19 heavy (non-hydrogen) atoms. The van der Waals surface area contributed by atoms with Gasteiger partial charge in [-0.15, -0.1) is 0 Å². The molecule has 1 aromatic heterocycles. The van der Waals surface area contributed by atoms with E-state index in [1.54, 1.807) is 7.11 Å². The maximum absolute atomic E-state index is 10.2. The Labute approximate surface area is 114 Å². The maximum Gasteiger partial charge on any atom is 0.232 e. The number of methoxy groups -OCH3 is 1. The van der Waals surface area contributed by atoms with E-state index in [1.165, 1.54) is 6.42 Å². The van der Waals surface area contributed by atoms with Crippen LogP contribution in [0.25, 0.3) is 0 Å². The second-order valence-electron chi connectivity index (χ2n) is 5.70. The van der Waals surface area contributed by atoms with E-state index in [9.17, 15) is 5.11 Å². The van der Waals surface area contributed by atoms with Crippen LogP contribution in [0.2, 0.25) is 0 Å². The van der Waals surface area contributed by atoms with Crippen LogP contribution in [-0.2, 0) is 4.74 Å². The van der Waals surface area contributed by atoms with Gasteiger partial charge in [0.05, 0.1) is 12.0 Å². The summed E-state index contributed by atoms with van der Waals surface area (Å²) in [5.74, 6) is 1.42. The van der Waals surface area contributed by atoms with Gasteiger partial charge in [-0.2, -0.15) is 4.98 Å². The fourth-order valence-electron chi connectivity index (χ4n) is 2.77. The van der Waals surface area contributed by atoms with Gasteiger partial charge in [-0.25, -0.2) is 0 Å². The lowest BCUT2D eigenvalue weighted by molar-refractivity contribution is 0.0555. The smallest absolute Gasteiger partial charge is 0.232 e. The highest BCUT2D eigenvalue weighted by Crippen LogP contribution is 2.32. The van der Waals surface area contributed by atoms with Gasteiger partial charge in [0, 0.05) is 7.11 Å². The summed E-state index contributed by atoms with van der Waals surface area (Å²) in [7, 11) is 1.65. The van der Waals surface area contributed by atoms with Crippen LogP contribution in [0.1, 0.15) is 69.7 Å². The standard InChI is InChI=1S/C14H24N2O3/c1-9(2)12(18-3)13-15-14(19-16-13)10-7-5-4-6-8-11(10)17/h9-12,17H,4-8H2,1-3H3. The number of nitrogens with zero attached hydrogens (tertiary/aromatic N) is 2. The highest BCUT2D eigenvalue weighted by molar-refractivity contribution is 5.00. The molecule has 0 radical (unpaired) electrons. The van der Waals surface area contributed by atoms with E-state index in [1.807, 2.05) is 0 Å². The second-order valence-corrected chi connectivity index (χ2v) is 5.70. The van der Waals surface area contributed by atoms with E-state index < -0.39 is 0 Å². The van der Waals surface area contributed by atoms with Crippen LogP contribution in [-0.4, -0.2) is 28.5 Å². The molecule has 0 bridgehead atoms. The molecule has 1 aliphatic carbocycles. The van der Waals surface area contributed by atoms with Crippen molar-refractivity contribution in [2.45, 2.75) is 64.1 Å². The average Bonchev–Trinajstić information content (AvgIpc) is 2.73. The van der Waals surface area contributed by atoms with Gasteiger partial charge in [0.2, 0.25) is 11.7 Å². The zero-order valence-corrected chi connectivity index (χ0v) is 12.0. The predicted molar refractivity (Wildman–Crippen MR) is 70.7 cm³/mol. The lowest BCUT2D eigenvalue weighted by Crippen LogP contribution is -2.17. The lowest BCUT2D eigenvalue weighted by Gasteiger charge is -2.16. The third-order valence-electron chi connectivity index (χ3n) is 3.87. The normalized spacial score (nSPS) is 26.4. The van der Waals surface area contributed by atoms with Crippen LogP contribution >= 0.6 is 0 Å². The van der Waals surface area contributed by atoms with Crippen LogP contribution < -0.4 is 0 Å². The first kappa shape index (κ1) is 14.5. The fourth-order valence-corrected chi connectivity index (χ4v) is 2.77. The molecular formula is C14H24N2O3. The molecule has 0 spiro atoms. The first-order chi connectivity index (χ1) is 9.13. The highest BCUT2D eigenvalue weighted by atomic mass is 16.5. The summed E-state index contributed by atoms with van der Waals surface area (Å²) in [6, 6.07) is 0. The Kier molecular flexibility index (Phi) is 4.93. The number of ether oxygens (including phenoxy) is 1. The largest absolute Gasteiger partial charge is 0.392 e. The first-order valence-corrected chi connectivity index (χ1v) is 7.17. The summed E-state index contributed by atoms with van der Waals surface area (Å²) in [6.07, 6.45) is 4.57. The van der Waals surface area contributed by atoms with Crippen molar-refractivity contribution in [3.05, 3.63) is 11.7 Å². The minimum absolute atomic E-state index is 0.0200. The molecule has 0 amide bonds. The van der Waals surface area contributed by atoms with Crippen LogP contribution in [0, 0.1) is 5.92 Å². The number of aromatic nitrogens is 2. The monoisotopic (exact) mass is 268 g/mol. The molecule has 0 saturated heterocycles. The molecule has 0 aliphatic heterocycles. The molecule has 0 aromatic carbocycles. The van der Waals surface area contributed by atoms with Crippen molar-refractivity contribution in [1.82, 2.24) is 10.1 Å². The van der Waals surface area contributed by atoms with Gasteiger partial charge in [0.25, 0.3) is 0 Å². The van der Waals surface area contributed by atoms with Gasteiger partial charge >= 0.3 is 0 Å². The number of rotatable bonds is 4. The predicted octanol–water partition coefficient (Wildman–Crippen LogP) is 2.82. The molecule has 1 aromatic rings. The maximum atomic E-state index is 10.2. The molecule has 5 nitrogen and oxygen atoms in total. The van der Waals surface area contributed by atoms with Crippen molar-refractivity contribution in [3.63, 3.8) is 0 Å². The summed E-state index contributed by atoms with van der Waals surface area (Å²) in [5, 5.41) is 14.2. The molecule has 108 valence electrons.